The van der Waals surface area contributed by atoms with Crippen LogP contribution in [-0.2, 0) is 12.8 Å². The maximum absolute atomic E-state index is 11.8. The molecular weight excluding hydrogens is 236 g/mol. The highest BCUT2D eigenvalue weighted by molar-refractivity contribution is 5.60. The number of aromatic amines is 1. The first kappa shape index (κ1) is 13.5. The van der Waals surface area contributed by atoms with E-state index in [1.165, 1.54) is 5.56 Å². The molecule has 0 radical (unpaired) electrons. The van der Waals surface area contributed by atoms with Gasteiger partial charge in [-0.05, 0) is 24.3 Å². The van der Waals surface area contributed by atoms with Gasteiger partial charge in [0.2, 0.25) is 0 Å². The molecule has 0 bridgehead atoms. The zero-order chi connectivity index (χ0) is 13.8. The SMILES string of the molecule is CCc1ccccc1-c1nc(CC(C)C)cc(=O)[nH]1. The maximum atomic E-state index is 11.8. The molecule has 0 spiro atoms. The Hall–Kier alpha value is -1.90. The molecule has 1 aromatic heterocycles. The summed E-state index contributed by atoms with van der Waals surface area (Å²) in [5.41, 5.74) is 3.01. The lowest BCUT2D eigenvalue weighted by molar-refractivity contribution is 0.634. The van der Waals surface area contributed by atoms with Crippen LogP contribution in [-0.4, -0.2) is 9.97 Å². The summed E-state index contributed by atoms with van der Waals surface area (Å²) in [6.07, 6.45) is 1.75. The van der Waals surface area contributed by atoms with Crippen molar-refractivity contribution in [2.45, 2.75) is 33.6 Å². The van der Waals surface area contributed by atoms with Crippen molar-refractivity contribution in [2.75, 3.05) is 0 Å². The smallest absolute Gasteiger partial charge is 0.251 e. The fourth-order valence-corrected chi connectivity index (χ4v) is 2.22. The number of aryl methyl sites for hydroxylation is 1. The number of aromatic nitrogens is 2. The molecule has 2 rings (SSSR count). The summed E-state index contributed by atoms with van der Waals surface area (Å²) in [4.78, 5) is 19.2. The topological polar surface area (TPSA) is 45.8 Å². The van der Waals surface area contributed by atoms with Gasteiger partial charge < -0.3 is 4.98 Å². The Morgan fingerprint density at radius 3 is 2.68 bits per heavy atom. The molecule has 100 valence electrons. The molecule has 2 aromatic rings. The van der Waals surface area contributed by atoms with Gasteiger partial charge in [-0.3, -0.25) is 4.79 Å². The molecule has 0 saturated heterocycles. The van der Waals surface area contributed by atoms with Crippen LogP contribution < -0.4 is 5.56 Å². The normalized spacial score (nSPS) is 10.9. The van der Waals surface area contributed by atoms with Crippen LogP contribution in [0.1, 0.15) is 32.0 Å². The molecule has 3 heteroatoms. The second-order valence-corrected chi connectivity index (χ2v) is 5.19. The van der Waals surface area contributed by atoms with Crippen molar-refractivity contribution in [3.63, 3.8) is 0 Å². The third-order valence-electron chi connectivity index (χ3n) is 3.07. The highest BCUT2D eigenvalue weighted by Gasteiger charge is 2.08. The minimum atomic E-state index is -0.0773. The molecule has 1 heterocycles. The summed E-state index contributed by atoms with van der Waals surface area (Å²) in [5, 5.41) is 0. The third kappa shape index (κ3) is 3.31. The van der Waals surface area contributed by atoms with Crippen LogP contribution >= 0.6 is 0 Å². The van der Waals surface area contributed by atoms with Gasteiger partial charge in [0.15, 0.2) is 0 Å². The van der Waals surface area contributed by atoms with Gasteiger partial charge in [-0.1, -0.05) is 45.0 Å². The standard InChI is InChI=1S/C16H20N2O/c1-4-12-7-5-6-8-14(12)16-17-13(9-11(2)3)10-15(19)18-16/h5-8,10-11H,4,9H2,1-3H3,(H,17,18,19). The molecule has 1 N–H and O–H groups in total. The van der Waals surface area contributed by atoms with Crippen molar-refractivity contribution in [1.82, 2.24) is 9.97 Å². The van der Waals surface area contributed by atoms with Crippen LogP contribution in [0.3, 0.4) is 0 Å². The van der Waals surface area contributed by atoms with Gasteiger partial charge in [0.1, 0.15) is 5.82 Å². The molecule has 3 nitrogen and oxygen atoms in total. The van der Waals surface area contributed by atoms with Crippen LogP contribution in [0.5, 0.6) is 0 Å². The van der Waals surface area contributed by atoms with E-state index in [4.69, 9.17) is 0 Å². The van der Waals surface area contributed by atoms with Crippen molar-refractivity contribution in [3.8, 4) is 11.4 Å². The van der Waals surface area contributed by atoms with Crippen molar-refractivity contribution in [1.29, 1.82) is 0 Å². The number of H-pyrrole nitrogens is 1. The van der Waals surface area contributed by atoms with Crippen LogP contribution in [0.15, 0.2) is 35.1 Å². The van der Waals surface area contributed by atoms with E-state index in [1.807, 2.05) is 18.2 Å². The third-order valence-corrected chi connectivity index (χ3v) is 3.07. The molecule has 0 saturated carbocycles. The highest BCUT2D eigenvalue weighted by atomic mass is 16.1. The second kappa shape index (κ2) is 5.83. The van der Waals surface area contributed by atoms with E-state index >= 15 is 0 Å². The predicted octanol–water partition coefficient (Wildman–Crippen LogP) is 3.20. The van der Waals surface area contributed by atoms with Gasteiger partial charge in [0.05, 0.1) is 0 Å². The Bertz CT molecular complexity index is 614. The van der Waals surface area contributed by atoms with E-state index in [-0.39, 0.29) is 5.56 Å². The average molecular weight is 256 g/mol. The van der Waals surface area contributed by atoms with Gasteiger partial charge in [0, 0.05) is 17.3 Å². The Kier molecular flexibility index (Phi) is 4.15. The molecular formula is C16H20N2O. The number of benzene rings is 1. The van der Waals surface area contributed by atoms with Crippen molar-refractivity contribution in [2.24, 2.45) is 5.92 Å². The average Bonchev–Trinajstić information content (AvgIpc) is 2.37. The first-order valence-corrected chi connectivity index (χ1v) is 6.78. The van der Waals surface area contributed by atoms with Crippen LogP contribution in [0.2, 0.25) is 0 Å². The summed E-state index contributed by atoms with van der Waals surface area (Å²) in [5.74, 6) is 1.17. The molecule has 0 aliphatic carbocycles. The van der Waals surface area contributed by atoms with Gasteiger partial charge in [-0.25, -0.2) is 4.98 Å². The van der Waals surface area contributed by atoms with E-state index < -0.39 is 0 Å². The summed E-state index contributed by atoms with van der Waals surface area (Å²) < 4.78 is 0. The largest absolute Gasteiger partial charge is 0.307 e. The molecule has 0 aliphatic rings. The number of hydrogen-bond donors (Lipinski definition) is 1. The molecule has 0 aliphatic heterocycles. The fourth-order valence-electron chi connectivity index (χ4n) is 2.22. The Balaban J connectivity index is 2.50. The van der Waals surface area contributed by atoms with E-state index in [1.54, 1.807) is 6.07 Å². The predicted molar refractivity (Wildman–Crippen MR) is 78.2 cm³/mol. The van der Waals surface area contributed by atoms with E-state index in [2.05, 4.69) is 36.8 Å². The van der Waals surface area contributed by atoms with E-state index in [9.17, 15) is 4.79 Å². The summed E-state index contributed by atoms with van der Waals surface area (Å²) in [6, 6.07) is 9.67. The Morgan fingerprint density at radius 1 is 1.26 bits per heavy atom. The zero-order valence-electron chi connectivity index (χ0n) is 11.7. The molecule has 0 atom stereocenters. The van der Waals surface area contributed by atoms with Crippen molar-refractivity contribution >= 4 is 0 Å². The van der Waals surface area contributed by atoms with Crippen LogP contribution in [0, 0.1) is 5.92 Å². The lowest BCUT2D eigenvalue weighted by Crippen LogP contribution is -2.12. The maximum Gasteiger partial charge on any atom is 0.251 e. The van der Waals surface area contributed by atoms with Gasteiger partial charge in [-0.2, -0.15) is 0 Å². The second-order valence-electron chi connectivity index (χ2n) is 5.19. The van der Waals surface area contributed by atoms with Crippen LogP contribution in [0.4, 0.5) is 0 Å². The summed E-state index contributed by atoms with van der Waals surface area (Å²) in [7, 11) is 0. The summed E-state index contributed by atoms with van der Waals surface area (Å²) >= 11 is 0. The Morgan fingerprint density at radius 2 is 2.00 bits per heavy atom. The van der Waals surface area contributed by atoms with Crippen LogP contribution in [0.25, 0.3) is 11.4 Å². The number of nitrogens with one attached hydrogen (secondary N) is 1. The molecule has 0 unspecified atom stereocenters. The summed E-state index contributed by atoms with van der Waals surface area (Å²) in [6.45, 7) is 6.36. The van der Waals surface area contributed by atoms with Gasteiger partial charge >= 0.3 is 0 Å². The lowest BCUT2D eigenvalue weighted by Gasteiger charge is -2.09. The number of nitrogens with zero attached hydrogens (tertiary/aromatic N) is 1. The number of hydrogen-bond acceptors (Lipinski definition) is 2. The van der Waals surface area contributed by atoms with E-state index in [0.29, 0.717) is 11.7 Å². The first-order chi connectivity index (χ1) is 9.10. The molecule has 0 fully saturated rings. The minimum absolute atomic E-state index is 0.0773. The molecule has 0 amide bonds. The fraction of sp³-hybridized carbons (Fsp3) is 0.375. The first-order valence-electron chi connectivity index (χ1n) is 6.78. The number of rotatable bonds is 4. The minimum Gasteiger partial charge on any atom is -0.307 e. The zero-order valence-corrected chi connectivity index (χ0v) is 11.7. The van der Waals surface area contributed by atoms with Crippen molar-refractivity contribution in [3.05, 3.63) is 51.9 Å². The molecule has 19 heavy (non-hydrogen) atoms. The monoisotopic (exact) mass is 256 g/mol. The molecule has 1 aromatic carbocycles. The Labute approximate surface area is 113 Å². The van der Waals surface area contributed by atoms with Crippen molar-refractivity contribution < 1.29 is 0 Å². The van der Waals surface area contributed by atoms with Gasteiger partial charge in [0.25, 0.3) is 5.56 Å². The van der Waals surface area contributed by atoms with E-state index in [0.717, 1.165) is 24.1 Å². The van der Waals surface area contributed by atoms with Gasteiger partial charge in [-0.15, -0.1) is 0 Å². The quantitative estimate of drug-likeness (QED) is 0.913. The lowest BCUT2D eigenvalue weighted by atomic mass is 10.0. The highest BCUT2D eigenvalue weighted by Crippen LogP contribution is 2.20.